The number of rotatable bonds is 7. The summed E-state index contributed by atoms with van der Waals surface area (Å²) in [5.41, 5.74) is 2.18. The second-order valence-corrected chi connectivity index (χ2v) is 7.90. The largest absolute Gasteiger partial charge is 0.341 e. The van der Waals surface area contributed by atoms with Gasteiger partial charge in [0.1, 0.15) is 4.90 Å². The molecule has 2 aromatic carbocycles. The van der Waals surface area contributed by atoms with Gasteiger partial charge in [-0.2, -0.15) is 0 Å². The molecule has 0 aliphatic carbocycles. The molecule has 134 valence electrons. The van der Waals surface area contributed by atoms with Crippen LogP contribution >= 0.6 is 11.6 Å². The van der Waals surface area contributed by atoms with Gasteiger partial charge in [0.15, 0.2) is 0 Å². The van der Waals surface area contributed by atoms with Gasteiger partial charge in [-0.25, -0.2) is 13.1 Å². The lowest BCUT2D eigenvalue weighted by Gasteiger charge is -2.18. The number of nitrogens with one attached hydrogen (secondary N) is 1. The number of carbonyl (C=O) groups excluding carboxylic acids is 1. The first kappa shape index (κ1) is 19.4. The Balaban J connectivity index is 1.90. The number of carbonyl (C=O) groups is 1. The van der Waals surface area contributed by atoms with Crippen molar-refractivity contribution in [3.63, 3.8) is 0 Å². The number of hydrogen-bond acceptors (Lipinski definition) is 3. The Labute approximate surface area is 153 Å². The average Bonchev–Trinajstić information content (AvgIpc) is 2.56. The maximum absolute atomic E-state index is 12.2. The molecule has 25 heavy (non-hydrogen) atoms. The van der Waals surface area contributed by atoms with Crippen LogP contribution in [0, 0.1) is 6.92 Å². The van der Waals surface area contributed by atoms with Crippen LogP contribution in [0.2, 0.25) is 5.02 Å². The highest BCUT2D eigenvalue weighted by Gasteiger charge is 2.18. The van der Waals surface area contributed by atoms with E-state index in [2.05, 4.69) is 4.72 Å². The minimum absolute atomic E-state index is 0.0115. The third-order valence-corrected chi connectivity index (χ3v) is 5.81. The number of nitrogens with zero attached hydrogens (tertiary/aromatic N) is 1. The monoisotopic (exact) mass is 380 g/mol. The fourth-order valence-electron chi connectivity index (χ4n) is 2.35. The second-order valence-electron chi connectivity index (χ2n) is 5.75. The Morgan fingerprint density at radius 1 is 1.12 bits per heavy atom. The molecule has 0 saturated heterocycles. The van der Waals surface area contributed by atoms with Crippen LogP contribution in [-0.4, -0.2) is 32.8 Å². The Kier molecular flexibility index (Phi) is 6.58. The van der Waals surface area contributed by atoms with Gasteiger partial charge >= 0.3 is 0 Å². The van der Waals surface area contributed by atoms with Crippen molar-refractivity contribution in [1.82, 2.24) is 9.62 Å². The summed E-state index contributed by atoms with van der Waals surface area (Å²) in [7, 11) is -2.02. The molecule has 0 spiro atoms. The van der Waals surface area contributed by atoms with Crippen LogP contribution in [0.25, 0.3) is 0 Å². The van der Waals surface area contributed by atoms with Crippen molar-refractivity contribution < 1.29 is 13.2 Å². The van der Waals surface area contributed by atoms with Gasteiger partial charge < -0.3 is 4.90 Å². The van der Waals surface area contributed by atoms with Gasteiger partial charge in [0.05, 0.1) is 5.02 Å². The molecule has 0 aliphatic heterocycles. The van der Waals surface area contributed by atoms with Crippen molar-refractivity contribution in [2.75, 3.05) is 13.6 Å². The molecule has 1 amide bonds. The van der Waals surface area contributed by atoms with Gasteiger partial charge in [0, 0.05) is 26.6 Å². The highest BCUT2D eigenvalue weighted by atomic mass is 35.5. The van der Waals surface area contributed by atoms with Crippen LogP contribution in [0.15, 0.2) is 53.4 Å². The fourth-order valence-corrected chi connectivity index (χ4v) is 3.90. The summed E-state index contributed by atoms with van der Waals surface area (Å²) in [6.45, 7) is 2.50. The summed E-state index contributed by atoms with van der Waals surface area (Å²) in [5.74, 6) is -0.134. The van der Waals surface area contributed by atoms with Crippen LogP contribution in [0.4, 0.5) is 0 Å². The van der Waals surface area contributed by atoms with E-state index in [-0.39, 0.29) is 28.8 Å². The molecule has 5 nitrogen and oxygen atoms in total. The minimum atomic E-state index is -3.73. The van der Waals surface area contributed by atoms with Gasteiger partial charge in [0.2, 0.25) is 15.9 Å². The molecule has 0 aromatic heterocycles. The van der Waals surface area contributed by atoms with Gasteiger partial charge in [-0.15, -0.1) is 0 Å². The lowest BCUT2D eigenvalue weighted by Crippen LogP contribution is -2.32. The summed E-state index contributed by atoms with van der Waals surface area (Å²) in [5, 5.41) is 0.151. The van der Waals surface area contributed by atoms with Crippen LogP contribution in [0.5, 0.6) is 0 Å². The number of sulfonamides is 1. The highest BCUT2D eigenvalue weighted by Crippen LogP contribution is 2.20. The Hall–Kier alpha value is -1.89. The Morgan fingerprint density at radius 2 is 1.76 bits per heavy atom. The summed E-state index contributed by atoms with van der Waals surface area (Å²) in [6.07, 6.45) is 0.0755. The topological polar surface area (TPSA) is 66.5 Å². The Bertz CT molecular complexity index is 853. The molecule has 0 unspecified atom stereocenters. The first-order valence-electron chi connectivity index (χ1n) is 7.84. The zero-order chi connectivity index (χ0) is 18.4. The van der Waals surface area contributed by atoms with Crippen molar-refractivity contribution >= 4 is 27.5 Å². The Morgan fingerprint density at radius 3 is 2.44 bits per heavy atom. The second kappa shape index (κ2) is 8.47. The molecular weight excluding hydrogens is 360 g/mol. The third kappa shape index (κ3) is 5.29. The minimum Gasteiger partial charge on any atom is -0.341 e. The van der Waals surface area contributed by atoms with Crippen molar-refractivity contribution in [3.05, 3.63) is 64.7 Å². The molecule has 0 heterocycles. The van der Waals surface area contributed by atoms with E-state index in [4.69, 9.17) is 11.6 Å². The SMILES string of the molecule is Cc1ccccc1CN(C)C(=O)CCNS(=O)(=O)c1ccccc1Cl. The van der Waals surface area contributed by atoms with E-state index in [0.29, 0.717) is 6.54 Å². The molecule has 0 bridgehead atoms. The standard InChI is InChI=1S/C18H21ClN2O3S/c1-14-7-3-4-8-15(14)13-21(2)18(22)11-12-20-25(23,24)17-10-6-5-9-16(17)19/h3-10,20H,11-13H2,1-2H3. The molecule has 7 heteroatoms. The van der Waals surface area contributed by atoms with Crippen molar-refractivity contribution in [1.29, 1.82) is 0 Å². The quantitative estimate of drug-likeness (QED) is 0.803. The van der Waals surface area contributed by atoms with E-state index in [1.54, 1.807) is 24.1 Å². The van der Waals surface area contributed by atoms with E-state index in [9.17, 15) is 13.2 Å². The maximum Gasteiger partial charge on any atom is 0.242 e. The molecule has 0 atom stereocenters. The van der Waals surface area contributed by atoms with Crippen LogP contribution in [-0.2, 0) is 21.4 Å². The van der Waals surface area contributed by atoms with Gasteiger partial charge in [-0.05, 0) is 30.2 Å². The normalized spacial score (nSPS) is 11.3. The van der Waals surface area contributed by atoms with Crippen LogP contribution < -0.4 is 4.72 Å². The smallest absolute Gasteiger partial charge is 0.242 e. The number of amides is 1. The first-order valence-corrected chi connectivity index (χ1v) is 9.70. The van der Waals surface area contributed by atoms with E-state index in [1.807, 2.05) is 31.2 Å². The average molecular weight is 381 g/mol. The molecule has 0 saturated carbocycles. The third-order valence-electron chi connectivity index (χ3n) is 3.85. The summed E-state index contributed by atoms with van der Waals surface area (Å²) >= 11 is 5.91. The predicted octanol–water partition coefficient (Wildman–Crippen LogP) is 2.98. The van der Waals surface area contributed by atoms with Crippen molar-refractivity contribution in [2.24, 2.45) is 0 Å². The molecule has 0 fully saturated rings. The first-order chi connectivity index (χ1) is 11.8. The van der Waals surface area contributed by atoms with Crippen molar-refractivity contribution in [3.8, 4) is 0 Å². The lowest BCUT2D eigenvalue weighted by atomic mass is 10.1. The molecule has 1 N–H and O–H groups in total. The van der Waals surface area contributed by atoms with Gasteiger partial charge in [-0.1, -0.05) is 48.0 Å². The van der Waals surface area contributed by atoms with Crippen LogP contribution in [0.3, 0.4) is 0 Å². The fraction of sp³-hybridized carbons (Fsp3) is 0.278. The number of halogens is 1. The predicted molar refractivity (Wildman–Crippen MR) is 98.9 cm³/mol. The zero-order valence-electron chi connectivity index (χ0n) is 14.2. The summed E-state index contributed by atoms with van der Waals surface area (Å²) < 4.78 is 26.9. The lowest BCUT2D eigenvalue weighted by molar-refractivity contribution is -0.130. The van der Waals surface area contributed by atoms with E-state index >= 15 is 0 Å². The van der Waals surface area contributed by atoms with E-state index in [1.165, 1.54) is 12.1 Å². The number of benzene rings is 2. The van der Waals surface area contributed by atoms with Crippen LogP contribution in [0.1, 0.15) is 17.5 Å². The molecule has 0 aliphatic rings. The molecule has 0 radical (unpaired) electrons. The molecular formula is C18H21ClN2O3S. The van der Waals surface area contributed by atoms with Gasteiger partial charge in [0.25, 0.3) is 0 Å². The maximum atomic E-state index is 12.2. The van der Waals surface area contributed by atoms with Crippen molar-refractivity contribution in [2.45, 2.75) is 24.8 Å². The van der Waals surface area contributed by atoms with E-state index < -0.39 is 10.0 Å². The summed E-state index contributed by atoms with van der Waals surface area (Å²) in [4.78, 5) is 13.8. The molecule has 2 aromatic rings. The number of hydrogen-bond donors (Lipinski definition) is 1. The summed E-state index contributed by atoms with van der Waals surface area (Å²) in [6, 6.07) is 14.0. The molecule has 2 rings (SSSR count). The zero-order valence-corrected chi connectivity index (χ0v) is 15.8. The number of aryl methyl sites for hydroxylation is 1. The highest BCUT2D eigenvalue weighted by molar-refractivity contribution is 7.89. The van der Waals surface area contributed by atoms with Gasteiger partial charge in [-0.3, -0.25) is 4.79 Å². The van der Waals surface area contributed by atoms with E-state index in [0.717, 1.165) is 11.1 Å².